The summed E-state index contributed by atoms with van der Waals surface area (Å²) in [5.41, 5.74) is 1.85. The van der Waals surface area contributed by atoms with E-state index in [2.05, 4.69) is 22.2 Å². The lowest BCUT2D eigenvalue weighted by atomic mass is 10.1. The Balaban J connectivity index is 1.89. The topological polar surface area (TPSA) is 90.2 Å². The van der Waals surface area contributed by atoms with Gasteiger partial charge in [-0.05, 0) is 36.6 Å². The highest BCUT2D eigenvalue weighted by Gasteiger charge is 2.26. The van der Waals surface area contributed by atoms with Gasteiger partial charge in [0.25, 0.3) is 0 Å². The van der Waals surface area contributed by atoms with E-state index in [0.29, 0.717) is 5.75 Å². The van der Waals surface area contributed by atoms with Crippen LogP contribution >= 0.6 is 0 Å². The first kappa shape index (κ1) is 18.3. The minimum absolute atomic E-state index is 0.0954. The van der Waals surface area contributed by atoms with Gasteiger partial charge in [-0.15, -0.1) is 0 Å². The van der Waals surface area contributed by atoms with Crippen molar-refractivity contribution in [2.45, 2.75) is 26.3 Å². The molecule has 27 heavy (non-hydrogen) atoms. The summed E-state index contributed by atoms with van der Waals surface area (Å²) >= 11 is 0. The zero-order valence-electron chi connectivity index (χ0n) is 15.1. The molecule has 1 aromatic heterocycles. The van der Waals surface area contributed by atoms with Crippen LogP contribution in [0.3, 0.4) is 0 Å². The van der Waals surface area contributed by atoms with E-state index in [1.54, 1.807) is 12.1 Å². The summed E-state index contributed by atoms with van der Waals surface area (Å²) in [5.74, 6) is 0.504. The molecule has 0 amide bonds. The first-order valence-electron chi connectivity index (χ1n) is 8.66. The maximum atomic E-state index is 11.7. The molecule has 0 saturated carbocycles. The Hall–Kier alpha value is -3.48. The molecule has 1 N–H and O–H groups in total. The molecule has 3 aromatic rings. The lowest BCUT2D eigenvalue weighted by molar-refractivity contribution is -0.385. The predicted molar refractivity (Wildman–Crippen MR) is 103 cm³/mol. The van der Waals surface area contributed by atoms with Crippen molar-refractivity contribution in [3.8, 4) is 11.6 Å². The fourth-order valence-electron chi connectivity index (χ4n) is 2.64. The lowest BCUT2D eigenvalue weighted by Gasteiger charge is -2.15. The van der Waals surface area contributed by atoms with Gasteiger partial charge in [-0.1, -0.05) is 49.4 Å². The number of aromatic nitrogens is 2. The van der Waals surface area contributed by atoms with Gasteiger partial charge in [-0.2, -0.15) is 4.98 Å². The number of nitrogens with zero attached hydrogens (tertiary/aromatic N) is 3. The van der Waals surface area contributed by atoms with E-state index < -0.39 is 4.92 Å². The number of ether oxygens (including phenoxy) is 1. The average Bonchev–Trinajstić information content (AvgIpc) is 2.69. The summed E-state index contributed by atoms with van der Waals surface area (Å²) in [7, 11) is 0. The Morgan fingerprint density at radius 3 is 2.44 bits per heavy atom. The largest absolute Gasteiger partial charge is 0.434 e. The van der Waals surface area contributed by atoms with Crippen LogP contribution in [0.15, 0.2) is 60.9 Å². The number of rotatable bonds is 7. The zero-order valence-corrected chi connectivity index (χ0v) is 15.1. The predicted octanol–water partition coefficient (Wildman–Crippen LogP) is 4.91. The molecule has 0 bridgehead atoms. The molecule has 0 aliphatic heterocycles. The van der Waals surface area contributed by atoms with Crippen LogP contribution in [0.2, 0.25) is 0 Å². The maximum Gasteiger partial charge on any atom is 0.373 e. The maximum absolute atomic E-state index is 11.7. The molecule has 7 heteroatoms. The Morgan fingerprint density at radius 2 is 1.81 bits per heavy atom. The molecule has 1 atom stereocenters. The molecule has 0 spiro atoms. The second kappa shape index (κ2) is 8.27. The van der Waals surface area contributed by atoms with Gasteiger partial charge < -0.3 is 10.1 Å². The molecule has 0 fully saturated rings. The number of nitrogens with one attached hydrogen (secondary N) is 1. The molecule has 138 valence electrons. The molecule has 0 aliphatic carbocycles. The van der Waals surface area contributed by atoms with E-state index in [9.17, 15) is 10.1 Å². The molecule has 1 heterocycles. The van der Waals surface area contributed by atoms with Crippen molar-refractivity contribution >= 4 is 11.5 Å². The molecular formula is C20H20N4O3. The highest BCUT2D eigenvalue weighted by atomic mass is 16.6. The minimum Gasteiger partial charge on any atom is -0.434 e. The van der Waals surface area contributed by atoms with Gasteiger partial charge in [-0.3, -0.25) is 10.1 Å². The molecule has 3 rings (SSSR count). The summed E-state index contributed by atoms with van der Waals surface area (Å²) in [6.07, 6.45) is 2.15. The van der Waals surface area contributed by atoms with Crippen LogP contribution in [0.25, 0.3) is 0 Å². The number of nitro groups is 1. The van der Waals surface area contributed by atoms with Gasteiger partial charge >= 0.3 is 11.6 Å². The van der Waals surface area contributed by atoms with E-state index in [4.69, 9.17) is 4.74 Å². The number of hydrogen-bond acceptors (Lipinski definition) is 6. The van der Waals surface area contributed by atoms with E-state index in [1.807, 2.05) is 49.4 Å². The van der Waals surface area contributed by atoms with Gasteiger partial charge in [0.2, 0.25) is 5.82 Å². The van der Waals surface area contributed by atoms with E-state index in [0.717, 1.165) is 17.5 Å². The quantitative estimate of drug-likeness (QED) is 0.473. The van der Waals surface area contributed by atoms with Gasteiger partial charge in [0, 0.05) is 0 Å². The molecule has 2 aromatic carbocycles. The van der Waals surface area contributed by atoms with Crippen molar-refractivity contribution < 1.29 is 9.66 Å². The molecule has 0 radical (unpaired) electrons. The van der Waals surface area contributed by atoms with Crippen LogP contribution in [-0.2, 0) is 6.42 Å². The molecule has 7 nitrogen and oxygen atoms in total. The zero-order chi connectivity index (χ0) is 19.2. The Kier molecular flexibility index (Phi) is 5.61. The van der Waals surface area contributed by atoms with E-state index >= 15 is 0 Å². The first-order chi connectivity index (χ1) is 13.1. The molecule has 0 saturated heterocycles. The third kappa shape index (κ3) is 4.38. The van der Waals surface area contributed by atoms with Gasteiger partial charge in [0.05, 0.1) is 11.0 Å². The minimum atomic E-state index is -0.532. The van der Waals surface area contributed by atoms with Crippen molar-refractivity contribution in [2.24, 2.45) is 0 Å². The summed E-state index contributed by atoms with van der Waals surface area (Å²) in [6.45, 7) is 3.96. The van der Waals surface area contributed by atoms with E-state index in [1.165, 1.54) is 6.33 Å². The smallest absolute Gasteiger partial charge is 0.373 e. The van der Waals surface area contributed by atoms with Crippen molar-refractivity contribution in [1.29, 1.82) is 0 Å². The summed E-state index contributed by atoms with van der Waals surface area (Å²) in [5, 5.41) is 14.7. The van der Waals surface area contributed by atoms with Crippen LogP contribution in [-0.4, -0.2) is 14.9 Å². The third-order valence-corrected chi connectivity index (χ3v) is 4.17. The summed E-state index contributed by atoms with van der Waals surface area (Å²) in [4.78, 5) is 19.1. The molecular weight excluding hydrogens is 344 g/mol. The SMILES string of the molecule is CCc1ccc(Oc2ncnc(NC(C)c3ccccc3)c2[N+](=O)[O-])cc1. The molecule has 0 aliphatic rings. The van der Waals surface area contributed by atoms with E-state index in [-0.39, 0.29) is 23.4 Å². The lowest BCUT2D eigenvalue weighted by Crippen LogP contribution is -2.11. The average molecular weight is 364 g/mol. The van der Waals surface area contributed by atoms with Crippen LogP contribution in [0.1, 0.15) is 31.0 Å². The van der Waals surface area contributed by atoms with Crippen molar-refractivity contribution in [3.05, 3.63) is 82.2 Å². The monoisotopic (exact) mass is 364 g/mol. The Morgan fingerprint density at radius 1 is 1.11 bits per heavy atom. The van der Waals surface area contributed by atoms with Crippen LogP contribution in [0, 0.1) is 10.1 Å². The highest BCUT2D eigenvalue weighted by molar-refractivity contribution is 5.62. The van der Waals surface area contributed by atoms with Crippen molar-refractivity contribution in [2.75, 3.05) is 5.32 Å². The first-order valence-corrected chi connectivity index (χ1v) is 8.66. The van der Waals surface area contributed by atoms with Crippen molar-refractivity contribution in [3.63, 3.8) is 0 Å². The highest BCUT2D eigenvalue weighted by Crippen LogP contribution is 2.35. The number of anilines is 1. The standard InChI is InChI=1S/C20H20N4O3/c1-3-15-9-11-17(12-10-15)27-20-18(24(25)26)19(21-13-22-20)23-14(2)16-7-5-4-6-8-16/h4-14H,3H2,1-2H3,(H,21,22,23). The number of benzene rings is 2. The van der Waals surface area contributed by atoms with Gasteiger partial charge in [0.1, 0.15) is 12.1 Å². The second-order valence-electron chi connectivity index (χ2n) is 6.01. The second-order valence-corrected chi connectivity index (χ2v) is 6.01. The van der Waals surface area contributed by atoms with Crippen LogP contribution < -0.4 is 10.1 Å². The third-order valence-electron chi connectivity index (χ3n) is 4.17. The molecule has 1 unspecified atom stereocenters. The fourth-order valence-corrected chi connectivity index (χ4v) is 2.64. The summed E-state index contributed by atoms with van der Waals surface area (Å²) < 4.78 is 5.67. The number of aryl methyl sites for hydroxylation is 1. The normalized spacial score (nSPS) is 11.6. The van der Waals surface area contributed by atoms with Gasteiger partial charge in [-0.25, -0.2) is 4.98 Å². The summed E-state index contributed by atoms with van der Waals surface area (Å²) in [6, 6.07) is 16.8. The van der Waals surface area contributed by atoms with Crippen LogP contribution in [0.5, 0.6) is 11.6 Å². The van der Waals surface area contributed by atoms with Crippen molar-refractivity contribution in [1.82, 2.24) is 9.97 Å². The van der Waals surface area contributed by atoms with Gasteiger partial charge in [0.15, 0.2) is 0 Å². The van der Waals surface area contributed by atoms with Crippen LogP contribution in [0.4, 0.5) is 11.5 Å². The Labute approximate surface area is 157 Å². The number of hydrogen-bond donors (Lipinski definition) is 1. The fraction of sp³-hybridized carbons (Fsp3) is 0.200. The Bertz CT molecular complexity index is 914.